The number of ether oxygens (including phenoxy) is 1. The topological polar surface area (TPSA) is 38.3 Å². The zero-order chi connectivity index (χ0) is 16.8. The molecule has 1 aromatic rings. The van der Waals surface area contributed by atoms with Crippen LogP contribution in [-0.2, 0) is 0 Å². The summed E-state index contributed by atoms with van der Waals surface area (Å²) in [6.07, 6.45) is -1.65. The van der Waals surface area contributed by atoms with Gasteiger partial charge in [0.25, 0.3) is 5.24 Å². The van der Waals surface area contributed by atoms with Crippen LogP contribution >= 0.6 is 55.2 Å². The third-order valence-corrected chi connectivity index (χ3v) is 4.75. The van der Waals surface area contributed by atoms with Crippen molar-refractivity contribution < 1.29 is 18.3 Å². The highest BCUT2D eigenvalue weighted by Crippen LogP contribution is 2.34. The molecule has 1 rings (SSSR count). The van der Waals surface area contributed by atoms with Gasteiger partial charge in [-0.2, -0.15) is 8.78 Å². The Morgan fingerprint density at radius 1 is 1.55 bits per heavy atom. The highest BCUT2D eigenvalue weighted by atomic mass is 79.9. The number of nitrogens with one attached hydrogen (secondary N) is 1. The lowest BCUT2D eigenvalue weighted by Gasteiger charge is -2.19. The standard InChI is InChI=1S/C13H14Br2ClF2NO2S/c1-2-3-6-22-12(20)19-10-7-8(4-5-9(10)14)21-13(17,18)11(15)16/h4-5,7,11H,2-3,6H2,1H3,(H,19,20). The summed E-state index contributed by atoms with van der Waals surface area (Å²) >= 11 is 12.3. The largest absolute Gasteiger partial charge is 0.431 e. The fourth-order valence-corrected chi connectivity index (χ4v) is 2.60. The first-order chi connectivity index (χ1) is 10.3. The molecule has 0 saturated carbocycles. The number of thioether (sulfide) groups is 1. The van der Waals surface area contributed by atoms with Crippen LogP contribution in [0, 0.1) is 0 Å². The van der Waals surface area contributed by atoms with Gasteiger partial charge >= 0.3 is 6.11 Å². The van der Waals surface area contributed by atoms with Crippen molar-refractivity contribution in [2.75, 3.05) is 11.1 Å². The van der Waals surface area contributed by atoms with Crippen LogP contribution in [0.5, 0.6) is 5.75 Å². The van der Waals surface area contributed by atoms with Crippen molar-refractivity contribution in [1.82, 2.24) is 0 Å². The van der Waals surface area contributed by atoms with Gasteiger partial charge in [0, 0.05) is 16.3 Å². The normalized spacial score (nSPS) is 12.8. The average Bonchev–Trinajstić information content (AvgIpc) is 2.42. The molecule has 1 amide bonds. The number of carbonyl (C=O) groups excluding carboxylic acids is 1. The number of hydrogen-bond donors (Lipinski definition) is 1. The van der Waals surface area contributed by atoms with E-state index in [-0.39, 0.29) is 11.0 Å². The van der Waals surface area contributed by atoms with Crippen LogP contribution in [0.15, 0.2) is 22.7 Å². The lowest BCUT2D eigenvalue weighted by molar-refractivity contribution is -0.161. The van der Waals surface area contributed by atoms with E-state index in [0.29, 0.717) is 15.9 Å². The van der Waals surface area contributed by atoms with E-state index in [4.69, 9.17) is 11.6 Å². The molecule has 1 N–H and O–H groups in total. The minimum absolute atomic E-state index is 0.104. The van der Waals surface area contributed by atoms with E-state index in [2.05, 4.69) is 41.9 Å². The fraction of sp³-hybridized carbons (Fsp3) is 0.462. The molecule has 0 saturated heterocycles. The molecule has 1 unspecified atom stereocenters. The van der Waals surface area contributed by atoms with Gasteiger partial charge < -0.3 is 10.1 Å². The van der Waals surface area contributed by atoms with Crippen LogP contribution in [0.25, 0.3) is 0 Å². The Kier molecular flexibility index (Phi) is 8.45. The molecule has 0 aliphatic rings. The smallest absolute Gasteiger partial charge is 0.424 e. The quantitative estimate of drug-likeness (QED) is 0.360. The number of unbranched alkanes of at least 4 members (excludes halogenated alkanes) is 1. The summed E-state index contributed by atoms with van der Waals surface area (Å²) < 4.78 is 30.3. The van der Waals surface area contributed by atoms with Crippen molar-refractivity contribution in [3.8, 4) is 5.75 Å². The van der Waals surface area contributed by atoms with E-state index in [1.165, 1.54) is 18.2 Å². The van der Waals surface area contributed by atoms with Crippen LogP contribution in [0.4, 0.5) is 19.3 Å². The summed E-state index contributed by atoms with van der Waals surface area (Å²) in [6.45, 7) is 2.03. The minimum Gasteiger partial charge on any atom is -0.431 e. The highest BCUT2D eigenvalue weighted by Gasteiger charge is 2.39. The monoisotopic (exact) mass is 479 g/mol. The van der Waals surface area contributed by atoms with Crippen LogP contribution in [0.2, 0.25) is 0 Å². The summed E-state index contributed by atoms with van der Waals surface area (Å²) in [5, 5.41) is 2.38. The predicted molar refractivity (Wildman–Crippen MR) is 94.7 cm³/mol. The predicted octanol–water partition coefficient (Wildman–Crippen LogP) is 6.45. The Bertz CT molecular complexity index is 521. The fourth-order valence-electron chi connectivity index (χ4n) is 1.32. The SMILES string of the molecule is CCCCSC(=O)Nc1cc(OC(F)(F)C(Cl)Br)ccc1Br. The Morgan fingerprint density at radius 2 is 2.23 bits per heavy atom. The van der Waals surface area contributed by atoms with Gasteiger partial charge in [-0.05, 0) is 34.5 Å². The summed E-state index contributed by atoms with van der Waals surface area (Å²) in [7, 11) is 0. The Balaban J connectivity index is 2.76. The van der Waals surface area contributed by atoms with Crippen molar-refractivity contribution >= 4 is 66.1 Å². The maximum Gasteiger partial charge on any atom is 0.424 e. The number of amides is 1. The molecule has 0 aliphatic carbocycles. The Hall–Kier alpha value is -0.0500. The molecule has 0 radical (unpaired) electrons. The Labute approximate surface area is 153 Å². The third-order valence-electron chi connectivity index (χ3n) is 2.41. The molecule has 1 atom stereocenters. The summed E-state index contributed by atoms with van der Waals surface area (Å²) in [5.74, 6) is 0.596. The van der Waals surface area contributed by atoms with Crippen molar-refractivity contribution in [2.24, 2.45) is 0 Å². The first-order valence-corrected chi connectivity index (χ1v) is 9.47. The maximum absolute atomic E-state index is 13.4. The van der Waals surface area contributed by atoms with E-state index >= 15 is 0 Å². The number of alkyl halides is 4. The van der Waals surface area contributed by atoms with E-state index in [1.807, 2.05) is 6.92 Å². The van der Waals surface area contributed by atoms with Gasteiger partial charge in [0.05, 0.1) is 5.69 Å². The first-order valence-electron chi connectivity index (χ1n) is 6.34. The maximum atomic E-state index is 13.4. The molecular weight excluding hydrogens is 467 g/mol. The van der Waals surface area contributed by atoms with E-state index in [0.717, 1.165) is 24.6 Å². The van der Waals surface area contributed by atoms with E-state index < -0.39 is 10.4 Å². The minimum atomic E-state index is -3.58. The van der Waals surface area contributed by atoms with Crippen LogP contribution in [0.1, 0.15) is 19.8 Å². The molecule has 0 bridgehead atoms. The number of benzene rings is 1. The summed E-state index contributed by atoms with van der Waals surface area (Å²) in [5.41, 5.74) is 0.350. The average molecular weight is 482 g/mol. The number of rotatable bonds is 7. The molecule has 0 aliphatic heterocycles. The molecule has 124 valence electrons. The van der Waals surface area contributed by atoms with Gasteiger partial charge in [-0.1, -0.05) is 52.6 Å². The van der Waals surface area contributed by atoms with Crippen LogP contribution in [0.3, 0.4) is 0 Å². The van der Waals surface area contributed by atoms with Crippen molar-refractivity contribution in [3.63, 3.8) is 0 Å². The van der Waals surface area contributed by atoms with Gasteiger partial charge in [-0.15, -0.1) is 0 Å². The number of carbonyl (C=O) groups is 1. The van der Waals surface area contributed by atoms with Gasteiger partial charge in [-0.25, -0.2) is 0 Å². The zero-order valence-electron chi connectivity index (χ0n) is 11.5. The zero-order valence-corrected chi connectivity index (χ0v) is 16.3. The molecule has 0 fully saturated rings. The highest BCUT2D eigenvalue weighted by molar-refractivity contribution is 9.10. The second kappa shape index (κ2) is 9.30. The van der Waals surface area contributed by atoms with Crippen molar-refractivity contribution in [3.05, 3.63) is 22.7 Å². The lowest BCUT2D eigenvalue weighted by Crippen LogP contribution is -2.31. The van der Waals surface area contributed by atoms with Crippen LogP contribution < -0.4 is 10.1 Å². The molecule has 22 heavy (non-hydrogen) atoms. The molecule has 9 heteroatoms. The molecular formula is C13H14Br2ClF2NO2S. The second-order valence-corrected chi connectivity index (χ2v) is 8.02. The van der Waals surface area contributed by atoms with Gasteiger partial charge in [0.1, 0.15) is 5.75 Å². The van der Waals surface area contributed by atoms with Crippen LogP contribution in [-0.4, -0.2) is 21.4 Å². The van der Waals surface area contributed by atoms with E-state index in [9.17, 15) is 13.6 Å². The molecule has 0 heterocycles. The molecule has 1 aromatic carbocycles. The van der Waals surface area contributed by atoms with Gasteiger partial charge in [-0.3, -0.25) is 4.79 Å². The number of anilines is 1. The lowest BCUT2D eigenvalue weighted by atomic mass is 10.3. The Morgan fingerprint density at radius 3 is 2.82 bits per heavy atom. The first kappa shape index (κ1) is 20.0. The third kappa shape index (κ3) is 6.60. The number of hydrogen-bond acceptors (Lipinski definition) is 3. The summed E-state index contributed by atoms with van der Waals surface area (Å²) in [6, 6.07) is 4.17. The molecule has 0 spiro atoms. The molecule has 0 aromatic heterocycles. The number of halogens is 5. The summed E-state index contributed by atoms with van der Waals surface area (Å²) in [4.78, 5) is 11.8. The van der Waals surface area contributed by atoms with Gasteiger partial charge in [0.15, 0.2) is 4.29 Å². The molecule has 3 nitrogen and oxygen atoms in total. The second-order valence-electron chi connectivity index (χ2n) is 4.22. The van der Waals surface area contributed by atoms with Gasteiger partial charge in [0.2, 0.25) is 0 Å². The van der Waals surface area contributed by atoms with E-state index in [1.54, 1.807) is 0 Å². The van der Waals surface area contributed by atoms with Crippen molar-refractivity contribution in [1.29, 1.82) is 0 Å². The van der Waals surface area contributed by atoms with Crippen molar-refractivity contribution in [2.45, 2.75) is 30.2 Å².